The molecule has 80 valence electrons. The number of aromatic nitrogens is 2. The number of nitrogens with zero attached hydrogens (tertiary/aromatic N) is 2. The van der Waals surface area contributed by atoms with Crippen molar-refractivity contribution in [3.05, 3.63) is 17.5 Å². The highest BCUT2D eigenvalue weighted by Gasteiger charge is 2.19. The lowest BCUT2D eigenvalue weighted by Gasteiger charge is -2.14. The van der Waals surface area contributed by atoms with Crippen LogP contribution in [0.1, 0.15) is 32.2 Å². The molecule has 1 aromatic heterocycles. The van der Waals surface area contributed by atoms with E-state index in [0.717, 1.165) is 11.4 Å². The van der Waals surface area contributed by atoms with Gasteiger partial charge in [-0.3, -0.25) is 4.68 Å². The molecule has 0 bridgehead atoms. The van der Waals surface area contributed by atoms with Gasteiger partial charge in [-0.1, -0.05) is 20.8 Å². The molecule has 0 fully saturated rings. The van der Waals surface area contributed by atoms with Gasteiger partial charge in [-0.25, -0.2) is 8.78 Å². The summed E-state index contributed by atoms with van der Waals surface area (Å²) in [5.74, 6) is 0. The Balaban J connectivity index is 2.94. The molecule has 0 aliphatic heterocycles. The molecule has 0 atom stereocenters. The first-order valence-corrected chi connectivity index (χ1v) is 4.64. The maximum absolute atomic E-state index is 12.1. The van der Waals surface area contributed by atoms with E-state index in [0.29, 0.717) is 0 Å². The highest BCUT2D eigenvalue weighted by atomic mass is 19.3. The number of hydrogen-bond acceptors (Lipinski definition) is 1. The van der Waals surface area contributed by atoms with E-state index < -0.39 is 6.43 Å². The molecule has 1 heterocycles. The van der Waals surface area contributed by atoms with Crippen LogP contribution in [0.3, 0.4) is 0 Å². The van der Waals surface area contributed by atoms with Gasteiger partial charge in [0.1, 0.15) is 6.54 Å². The first kappa shape index (κ1) is 11.1. The van der Waals surface area contributed by atoms with Crippen molar-refractivity contribution in [2.45, 2.75) is 46.1 Å². The summed E-state index contributed by atoms with van der Waals surface area (Å²) in [5.41, 5.74) is 1.56. The Kier molecular flexibility index (Phi) is 2.92. The molecule has 0 spiro atoms. The highest BCUT2D eigenvalue weighted by molar-refractivity contribution is 5.16. The summed E-state index contributed by atoms with van der Waals surface area (Å²) in [6.07, 6.45) is -2.35. The molecule has 14 heavy (non-hydrogen) atoms. The van der Waals surface area contributed by atoms with E-state index in [1.54, 1.807) is 6.92 Å². The van der Waals surface area contributed by atoms with Crippen LogP contribution in [0, 0.1) is 6.92 Å². The summed E-state index contributed by atoms with van der Waals surface area (Å²) in [6, 6.07) is 1.86. The number of hydrogen-bond donors (Lipinski definition) is 0. The van der Waals surface area contributed by atoms with Crippen LogP contribution >= 0.6 is 0 Å². The lowest BCUT2D eigenvalue weighted by molar-refractivity contribution is 0.120. The Labute approximate surface area is 82.9 Å². The van der Waals surface area contributed by atoms with Crippen molar-refractivity contribution >= 4 is 0 Å². The standard InChI is InChI=1S/C10H16F2N2/c1-7-5-8(10(2,3)4)13-14(7)6-9(11)12/h5,9H,6H2,1-4H3. The Morgan fingerprint density at radius 2 is 2.00 bits per heavy atom. The fourth-order valence-electron chi connectivity index (χ4n) is 1.19. The average Bonchev–Trinajstić information content (AvgIpc) is 2.30. The molecule has 0 aromatic carbocycles. The molecule has 1 aromatic rings. The van der Waals surface area contributed by atoms with Crippen LogP contribution in [0.15, 0.2) is 6.07 Å². The second-order valence-corrected chi connectivity index (χ2v) is 4.49. The second-order valence-electron chi connectivity index (χ2n) is 4.49. The zero-order chi connectivity index (χ0) is 10.9. The summed E-state index contributed by atoms with van der Waals surface area (Å²) in [5, 5.41) is 4.16. The molecule has 0 unspecified atom stereocenters. The van der Waals surface area contributed by atoms with Gasteiger partial charge in [-0.15, -0.1) is 0 Å². The molecular formula is C10H16F2N2. The van der Waals surface area contributed by atoms with Gasteiger partial charge < -0.3 is 0 Å². The first-order valence-electron chi connectivity index (χ1n) is 4.64. The Morgan fingerprint density at radius 3 is 2.36 bits per heavy atom. The fourth-order valence-corrected chi connectivity index (χ4v) is 1.19. The smallest absolute Gasteiger partial charge is 0.257 e. The van der Waals surface area contributed by atoms with Crippen molar-refractivity contribution < 1.29 is 8.78 Å². The summed E-state index contributed by atoms with van der Waals surface area (Å²) in [6.45, 7) is 7.52. The van der Waals surface area contributed by atoms with Crippen LogP contribution in [0.4, 0.5) is 8.78 Å². The quantitative estimate of drug-likeness (QED) is 0.721. The predicted molar refractivity (Wildman–Crippen MR) is 51.7 cm³/mol. The van der Waals surface area contributed by atoms with E-state index in [2.05, 4.69) is 5.10 Å². The Morgan fingerprint density at radius 1 is 1.43 bits per heavy atom. The summed E-state index contributed by atoms with van der Waals surface area (Å²) < 4.78 is 25.7. The van der Waals surface area contributed by atoms with Crippen LogP contribution < -0.4 is 0 Å². The van der Waals surface area contributed by atoms with Crippen molar-refractivity contribution in [2.24, 2.45) is 0 Å². The molecule has 0 amide bonds. The lowest BCUT2D eigenvalue weighted by atomic mass is 9.92. The van der Waals surface area contributed by atoms with Crippen molar-refractivity contribution in [1.29, 1.82) is 0 Å². The maximum atomic E-state index is 12.1. The van der Waals surface area contributed by atoms with Crippen LogP contribution in [-0.2, 0) is 12.0 Å². The number of halogens is 2. The van der Waals surface area contributed by atoms with Crippen molar-refractivity contribution in [3.8, 4) is 0 Å². The van der Waals surface area contributed by atoms with Crippen molar-refractivity contribution in [1.82, 2.24) is 9.78 Å². The van der Waals surface area contributed by atoms with Crippen molar-refractivity contribution in [2.75, 3.05) is 0 Å². The zero-order valence-electron chi connectivity index (χ0n) is 9.01. The van der Waals surface area contributed by atoms with Crippen LogP contribution in [0.5, 0.6) is 0 Å². The van der Waals surface area contributed by atoms with Crippen LogP contribution in [0.2, 0.25) is 0 Å². The zero-order valence-corrected chi connectivity index (χ0v) is 9.01. The van der Waals surface area contributed by atoms with E-state index in [4.69, 9.17) is 0 Å². The molecule has 0 N–H and O–H groups in total. The SMILES string of the molecule is Cc1cc(C(C)(C)C)nn1CC(F)F. The largest absolute Gasteiger partial charge is 0.264 e. The van der Waals surface area contributed by atoms with E-state index in [1.165, 1.54) is 4.68 Å². The Hall–Kier alpha value is -0.930. The van der Waals surface area contributed by atoms with Gasteiger partial charge in [0.2, 0.25) is 0 Å². The van der Waals surface area contributed by atoms with Crippen molar-refractivity contribution in [3.63, 3.8) is 0 Å². The monoisotopic (exact) mass is 202 g/mol. The predicted octanol–water partition coefficient (Wildman–Crippen LogP) is 2.75. The van der Waals surface area contributed by atoms with E-state index >= 15 is 0 Å². The van der Waals surface area contributed by atoms with Gasteiger partial charge >= 0.3 is 0 Å². The second kappa shape index (κ2) is 3.67. The normalized spacial score (nSPS) is 12.5. The van der Waals surface area contributed by atoms with Crippen LogP contribution in [-0.4, -0.2) is 16.2 Å². The summed E-state index contributed by atoms with van der Waals surface area (Å²) >= 11 is 0. The summed E-state index contributed by atoms with van der Waals surface area (Å²) in [4.78, 5) is 0. The lowest BCUT2D eigenvalue weighted by Crippen LogP contribution is -2.14. The van der Waals surface area contributed by atoms with E-state index in [-0.39, 0.29) is 12.0 Å². The van der Waals surface area contributed by atoms with Gasteiger partial charge in [0.15, 0.2) is 0 Å². The molecular weight excluding hydrogens is 186 g/mol. The minimum absolute atomic E-state index is 0.0852. The number of aryl methyl sites for hydroxylation is 1. The van der Waals surface area contributed by atoms with Crippen LogP contribution in [0.25, 0.3) is 0 Å². The molecule has 2 nitrogen and oxygen atoms in total. The van der Waals surface area contributed by atoms with E-state index in [1.807, 2.05) is 26.8 Å². The number of alkyl halides is 2. The highest BCUT2D eigenvalue weighted by Crippen LogP contribution is 2.21. The van der Waals surface area contributed by atoms with Gasteiger partial charge in [-0.05, 0) is 13.0 Å². The first-order chi connectivity index (χ1) is 6.30. The minimum Gasteiger partial charge on any atom is -0.264 e. The third-order valence-electron chi connectivity index (χ3n) is 2.06. The summed E-state index contributed by atoms with van der Waals surface area (Å²) in [7, 11) is 0. The fraction of sp³-hybridized carbons (Fsp3) is 0.700. The van der Waals surface area contributed by atoms with Gasteiger partial charge in [0.05, 0.1) is 5.69 Å². The number of rotatable bonds is 2. The third kappa shape index (κ3) is 2.53. The molecule has 1 rings (SSSR count). The Bertz CT molecular complexity index is 310. The molecule has 0 saturated heterocycles. The molecule has 4 heteroatoms. The molecule has 0 radical (unpaired) electrons. The molecule has 0 saturated carbocycles. The third-order valence-corrected chi connectivity index (χ3v) is 2.06. The maximum Gasteiger partial charge on any atom is 0.257 e. The van der Waals surface area contributed by atoms with Gasteiger partial charge in [-0.2, -0.15) is 5.10 Å². The minimum atomic E-state index is -2.35. The van der Waals surface area contributed by atoms with E-state index in [9.17, 15) is 8.78 Å². The van der Waals surface area contributed by atoms with Gasteiger partial charge in [0.25, 0.3) is 6.43 Å². The average molecular weight is 202 g/mol. The van der Waals surface area contributed by atoms with Gasteiger partial charge in [0, 0.05) is 11.1 Å². The molecule has 0 aliphatic carbocycles. The molecule has 0 aliphatic rings. The topological polar surface area (TPSA) is 17.8 Å².